The Morgan fingerprint density at radius 3 is 2.86 bits per heavy atom. The summed E-state index contributed by atoms with van der Waals surface area (Å²) >= 11 is 0. The van der Waals surface area contributed by atoms with Gasteiger partial charge >= 0.3 is 0 Å². The topological polar surface area (TPSA) is 16.1 Å². The van der Waals surface area contributed by atoms with Crippen molar-refractivity contribution in [1.82, 2.24) is 9.88 Å². The molecule has 1 atom stereocenters. The van der Waals surface area contributed by atoms with Crippen molar-refractivity contribution in [3.8, 4) is 0 Å². The number of nitrogens with zero attached hydrogens (tertiary/aromatic N) is 2. The van der Waals surface area contributed by atoms with Crippen LogP contribution in [0, 0.1) is 6.92 Å². The standard InChI is InChI=1S/C12H18N2/c1-8(2)14-7-11-6-13-9(3)5-12(11)10(14)4/h5-6,8,10H,7H2,1-4H3. The molecule has 0 radical (unpaired) electrons. The van der Waals surface area contributed by atoms with Gasteiger partial charge in [-0.1, -0.05) is 0 Å². The molecule has 1 aromatic rings. The van der Waals surface area contributed by atoms with Gasteiger partial charge in [-0.05, 0) is 44.9 Å². The molecule has 0 N–H and O–H groups in total. The van der Waals surface area contributed by atoms with Gasteiger partial charge in [-0.2, -0.15) is 0 Å². The summed E-state index contributed by atoms with van der Waals surface area (Å²) in [4.78, 5) is 6.86. The minimum absolute atomic E-state index is 0.548. The molecule has 1 aliphatic rings. The van der Waals surface area contributed by atoms with E-state index >= 15 is 0 Å². The zero-order valence-corrected chi connectivity index (χ0v) is 9.41. The quantitative estimate of drug-likeness (QED) is 0.677. The monoisotopic (exact) mass is 190 g/mol. The van der Waals surface area contributed by atoms with E-state index in [1.54, 1.807) is 0 Å². The highest BCUT2D eigenvalue weighted by atomic mass is 15.2. The van der Waals surface area contributed by atoms with Crippen LogP contribution in [0.3, 0.4) is 0 Å². The summed E-state index contributed by atoms with van der Waals surface area (Å²) in [5.74, 6) is 0. The molecule has 76 valence electrons. The van der Waals surface area contributed by atoms with Crippen LogP contribution < -0.4 is 0 Å². The molecule has 0 amide bonds. The van der Waals surface area contributed by atoms with Crippen molar-refractivity contribution in [3.05, 3.63) is 29.1 Å². The lowest BCUT2D eigenvalue weighted by molar-refractivity contribution is 0.180. The summed E-state index contributed by atoms with van der Waals surface area (Å²) in [6.07, 6.45) is 2.03. The number of fused-ring (bicyclic) bond motifs is 1. The van der Waals surface area contributed by atoms with Gasteiger partial charge in [0.25, 0.3) is 0 Å². The summed E-state index contributed by atoms with van der Waals surface area (Å²) in [6.45, 7) is 9.91. The number of pyridine rings is 1. The molecule has 2 rings (SSSR count). The second-order valence-electron chi connectivity index (χ2n) is 4.47. The molecule has 0 bridgehead atoms. The number of hydrogen-bond donors (Lipinski definition) is 0. The fourth-order valence-electron chi connectivity index (χ4n) is 2.27. The molecule has 2 nitrogen and oxygen atoms in total. The molecular weight excluding hydrogens is 172 g/mol. The summed E-state index contributed by atoms with van der Waals surface area (Å²) in [5.41, 5.74) is 3.99. The second-order valence-corrected chi connectivity index (χ2v) is 4.47. The predicted molar refractivity (Wildman–Crippen MR) is 58.1 cm³/mol. The average Bonchev–Trinajstić information content (AvgIpc) is 2.44. The van der Waals surface area contributed by atoms with E-state index in [0.29, 0.717) is 12.1 Å². The van der Waals surface area contributed by atoms with Gasteiger partial charge in [-0.3, -0.25) is 9.88 Å². The third-order valence-electron chi connectivity index (χ3n) is 3.12. The first-order chi connectivity index (χ1) is 6.59. The fraction of sp³-hybridized carbons (Fsp3) is 0.583. The second kappa shape index (κ2) is 3.35. The summed E-state index contributed by atoms with van der Waals surface area (Å²) in [5, 5.41) is 0. The molecule has 0 saturated heterocycles. The van der Waals surface area contributed by atoms with Gasteiger partial charge in [-0.25, -0.2) is 0 Å². The van der Waals surface area contributed by atoms with Gasteiger partial charge in [-0.15, -0.1) is 0 Å². The lowest BCUT2D eigenvalue weighted by Crippen LogP contribution is -2.27. The first kappa shape index (κ1) is 9.66. The Labute approximate surface area is 86.0 Å². The summed E-state index contributed by atoms with van der Waals surface area (Å²) in [6, 6.07) is 3.38. The Hall–Kier alpha value is -0.890. The maximum absolute atomic E-state index is 4.35. The average molecular weight is 190 g/mol. The number of aromatic nitrogens is 1. The molecule has 1 unspecified atom stereocenters. The van der Waals surface area contributed by atoms with Crippen LogP contribution >= 0.6 is 0 Å². The third kappa shape index (κ3) is 1.44. The fourth-order valence-corrected chi connectivity index (χ4v) is 2.27. The highest BCUT2D eigenvalue weighted by molar-refractivity contribution is 5.33. The zero-order valence-electron chi connectivity index (χ0n) is 9.41. The Kier molecular flexibility index (Phi) is 2.31. The zero-order chi connectivity index (χ0) is 10.3. The summed E-state index contributed by atoms with van der Waals surface area (Å²) < 4.78 is 0. The summed E-state index contributed by atoms with van der Waals surface area (Å²) in [7, 11) is 0. The van der Waals surface area contributed by atoms with Crippen molar-refractivity contribution in [2.75, 3.05) is 0 Å². The number of aryl methyl sites for hydroxylation is 1. The number of hydrogen-bond acceptors (Lipinski definition) is 2. The van der Waals surface area contributed by atoms with Crippen molar-refractivity contribution in [3.63, 3.8) is 0 Å². The van der Waals surface area contributed by atoms with E-state index < -0.39 is 0 Å². The van der Waals surface area contributed by atoms with E-state index in [0.717, 1.165) is 12.2 Å². The van der Waals surface area contributed by atoms with Crippen molar-refractivity contribution in [2.24, 2.45) is 0 Å². The van der Waals surface area contributed by atoms with Crippen molar-refractivity contribution < 1.29 is 0 Å². The van der Waals surface area contributed by atoms with Crippen LogP contribution in [0.5, 0.6) is 0 Å². The Morgan fingerprint density at radius 1 is 1.50 bits per heavy atom. The van der Waals surface area contributed by atoms with E-state index in [9.17, 15) is 0 Å². The van der Waals surface area contributed by atoms with Gasteiger partial charge in [0.15, 0.2) is 0 Å². The normalized spacial score (nSPS) is 21.6. The van der Waals surface area contributed by atoms with Gasteiger partial charge < -0.3 is 0 Å². The van der Waals surface area contributed by atoms with Crippen LogP contribution in [0.4, 0.5) is 0 Å². The highest BCUT2D eigenvalue weighted by Crippen LogP contribution is 2.34. The first-order valence-corrected chi connectivity index (χ1v) is 5.30. The van der Waals surface area contributed by atoms with Crippen LogP contribution in [0.2, 0.25) is 0 Å². The molecule has 2 heterocycles. The van der Waals surface area contributed by atoms with Crippen molar-refractivity contribution in [1.29, 1.82) is 0 Å². The van der Waals surface area contributed by atoms with Crippen LogP contribution in [0.25, 0.3) is 0 Å². The van der Waals surface area contributed by atoms with Crippen LogP contribution in [0.15, 0.2) is 12.3 Å². The Balaban J connectivity index is 2.36. The largest absolute Gasteiger partial charge is 0.290 e. The van der Waals surface area contributed by atoms with Gasteiger partial charge in [0.05, 0.1) is 0 Å². The van der Waals surface area contributed by atoms with E-state index in [4.69, 9.17) is 0 Å². The van der Waals surface area contributed by atoms with Crippen LogP contribution in [-0.4, -0.2) is 15.9 Å². The lowest BCUT2D eigenvalue weighted by Gasteiger charge is -2.25. The van der Waals surface area contributed by atoms with E-state index in [2.05, 4.69) is 43.6 Å². The van der Waals surface area contributed by atoms with Crippen LogP contribution in [0.1, 0.15) is 43.6 Å². The molecule has 14 heavy (non-hydrogen) atoms. The van der Waals surface area contributed by atoms with E-state index in [1.807, 2.05) is 6.20 Å². The smallest absolute Gasteiger partial charge is 0.0376 e. The molecule has 2 heteroatoms. The molecular formula is C12H18N2. The van der Waals surface area contributed by atoms with Crippen molar-refractivity contribution >= 4 is 0 Å². The molecule has 0 aliphatic carbocycles. The minimum Gasteiger partial charge on any atom is -0.290 e. The molecule has 1 aromatic heterocycles. The Morgan fingerprint density at radius 2 is 2.21 bits per heavy atom. The molecule has 0 spiro atoms. The van der Waals surface area contributed by atoms with Gasteiger partial charge in [0, 0.05) is 30.5 Å². The maximum atomic E-state index is 4.35. The molecule has 1 aliphatic heterocycles. The van der Waals surface area contributed by atoms with Crippen LogP contribution in [-0.2, 0) is 6.54 Å². The Bertz CT molecular complexity index is 344. The molecule has 0 aromatic carbocycles. The molecule has 0 fully saturated rings. The first-order valence-electron chi connectivity index (χ1n) is 5.30. The van der Waals surface area contributed by atoms with E-state index in [-0.39, 0.29) is 0 Å². The third-order valence-corrected chi connectivity index (χ3v) is 3.12. The lowest BCUT2D eigenvalue weighted by atomic mass is 10.1. The minimum atomic E-state index is 0.548. The van der Waals surface area contributed by atoms with Gasteiger partial charge in [0.2, 0.25) is 0 Å². The highest BCUT2D eigenvalue weighted by Gasteiger charge is 2.28. The predicted octanol–water partition coefficient (Wildman–Crippen LogP) is 2.68. The SMILES string of the molecule is Cc1cc2c(cn1)CN(C(C)C)C2C. The molecule has 0 saturated carbocycles. The van der Waals surface area contributed by atoms with Gasteiger partial charge in [0.1, 0.15) is 0 Å². The number of rotatable bonds is 1. The van der Waals surface area contributed by atoms with E-state index in [1.165, 1.54) is 11.1 Å². The maximum Gasteiger partial charge on any atom is 0.0376 e. The van der Waals surface area contributed by atoms with Crippen molar-refractivity contribution in [2.45, 2.75) is 46.3 Å².